The van der Waals surface area contributed by atoms with Gasteiger partial charge in [-0.2, -0.15) is 0 Å². The summed E-state index contributed by atoms with van der Waals surface area (Å²) in [6.07, 6.45) is 0. The van der Waals surface area contributed by atoms with E-state index in [1.807, 2.05) is 67.6 Å². The molecule has 0 radical (unpaired) electrons. The Morgan fingerprint density at radius 1 is 0.962 bits per heavy atom. The second-order valence-electron chi connectivity index (χ2n) is 6.28. The van der Waals surface area contributed by atoms with Crippen molar-refractivity contribution in [3.8, 4) is 0 Å². The number of pyridine rings is 1. The fourth-order valence-electron chi connectivity index (χ4n) is 3.13. The summed E-state index contributed by atoms with van der Waals surface area (Å²) in [6, 6.07) is 25.7. The van der Waals surface area contributed by atoms with Gasteiger partial charge in [-0.3, -0.25) is 4.79 Å². The fraction of sp³-hybridized carbons (Fsp3) is 0.0909. The number of anilines is 1. The molecule has 0 saturated carbocycles. The van der Waals surface area contributed by atoms with E-state index < -0.39 is 0 Å². The number of benzene rings is 2. The Bertz CT molecular complexity index is 1070. The number of fused-ring (bicyclic) bond motifs is 1. The first-order valence-electron chi connectivity index (χ1n) is 8.58. The van der Waals surface area contributed by atoms with Gasteiger partial charge >= 0.3 is 0 Å². The first kappa shape index (κ1) is 16.1. The van der Waals surface area contributed by atoms with Crippen molar-refractivity contribution < 1.29 is 4.79 Å². The summed E-state index contributed by atoms with van der Waals surface area (Å²) in [7, 11) is 0. The molecule has 26 heavy (non-hydrogen) atoms. The van der Waals surface area contributed by atoms with Crippen molar-refractivity contribution in [1.82, 2.24) is 9.55 Å². The third-order valence-electron chi connectivity index (χ3n) is 4.36. The van der Waals surface area contributed by atoms with Gasteiger partial charge in [0.15, 0.2) is 0 Å². The Morgan fingerprint density at radius 2 is 1.73 bits per heavy atom. The predicted molar refractivity (Wildman–Crippen MR) is 104 cm³/mol. The van der Waals surface area contributed by atoms with Crippen LogP contribution in [0.1, 0.15) is 21.7 Å². The maximum Gasteiger partial charge on any atom is 0.273 e. The average molecular weight is 341 g/mol. The van der Waals surface area contributed by atoms with Crippen LogP contribution in [0.2, 0.25) is 0 Å². The molecule has 0 unspecified atom stereocenters. The molecule has 0 aliphatic carbocycles. The summed E-state index contributed by atoms with van der Waals surface area (Å²) in [5, 5.41) is 3.96. The van der Waals surface area contributed by atoms with E-state index in [1.54, 1.807) is 6.07 Å². The van der Waals surface area contributed by atoms with Crippen molar-refractivity contribution in [2.75, 3.05) is 5.32 Å². The zero-order valence-electron chi connectivity index (χ0n) is 14.5. The SMILES string of the molecule is Cc1cccc(NC(=O)c2cc3ccccc3n2Cc2ccccc2)n1. The molecule has 0 fully saturated rings. The lowest BCUT2D eigenvalue weighted by atomic mass is 10.2. The Labute approximate surface area is 152 Å². The second-order valence-corrected chi connectivity index (χ2v) is 6.28. The van der Waals surface area contributed by atoms with Gasteiger partial charge in [-0.05, 0) is 36.8 Å². The summed E-state index contributed by atoms with van der Waals surface area (Å²) >= 11 is 0. The highest BCUT2D eigenvalue weighted by Gasteiger charge is 2.16. The lowest BCUT2D eigenvalue weighted by Crippen LogP contribution is -2.18. The average Bonchev–Trinajstić information content (AvgIpc) is 3.01. The van der Waals surface area contributed by atoms with Crippen LogP contribution >= 0.6 is 0 Å². The molecule has 0 atom stereocenters. The van der Waals surface area contributed by atoms with Crippen molar-refractivity contribution in [2.24, 2.45) is 0 Å². The summed E-state index contributed by atoms with van der Waals surface area (Å²) in [5.41, 5.74) is 3.68. The number of nitrogens with zero attached hydrogens (tertiary/aromatic N) is 2. The van der Waals surface area contributed by atoms with Crippen molar-refractivity contribution >= 4 is 22.6 Å². The zero-order valence-corrected chi connectivity index (χ0v) is 14.5. The number of rotatable bonds is 4. The van der Waals surface area contributed by atoms with E-state index >= 15 is 0 Å². The Kier molecular flexibility index (Phi) is 4.23. The maximum absolute atomic E-state index is 12.9. The first-order chi connectivity index (χ1) is 12.7. The van der Waals surface area contributed by atoms with Gasteiger partial charge < -0.3 is 9.88 Å². The van der Waals surface area contributed by atoms with Crippen molar-refractivity contribution in [3.63, 3.8) is 0 Å². The molecule has 2 aromatic heterocycles. The molecule has 0 spiro atoms. The molecule has 2 aromatic carbocycles. The number of aryl methyl sites for hydroxylation is 1. The predicted octanol–water partition coefficient (Wildman–Crippen LogP) is 4.65. The summed E-state index contributed by atoms with van der Waals surface area (Å²) in [6.45, 7) is 2.54. The summed E-state index contributed by atoms with van der Waals surface area (Å²) in [4.78, 5) is 17.3. The first-order valence-corrected chi connectivity index (χ1v) is 8.58. The molecule has 0 bridgehead atoms. The number of carbonyl (C=O) groups excluding carboxylic acids is 1. The minimum absolute atomic E-state index is 0.157. The van der Waals surface area contributed by atoms with E-state index in [2.05, 4.69) is 27.0 Å². The number of hydrogen-bond acceptors (Lipinski definition) is 2. The van der Waals surface area contributed by atoms with Crippen LogP contribution in [0.3, 0.4) is 0 Å². The molecule has 128 valence electrons. The van der Waals surface area contributed by atoms with Crippen molar-refractivity contribution in [2.45, 2.75) is 13.5 Å². The Morgan fingerprint density at radius 3 is 2.54 bits per heavy atom. The van der Waals surface area contributed by atoms with Gasteiger partial charge in [0.1, 0.15) is 11.5 Å². The standard InChI is InChI=1S/C22H19N3O/c1-16-8-7-13-21(23-16)24-22(26)20-14-18-11-5-6-12-19(18)25(20)15-17-9-3-2-4-10-17/h2-14H,15H2,1H3,(H,23,24,26). The van der Waals surface area contributed by atoms with Gasteiger partial charge in [0.05, 0.1) is 0 Å². The molecule has 0 aliphatic heterocycles. The highest BCUT2D eigenvalue weighted by Crippen LogP contribution is 2.22. The molecular weight excluding hydrogens is 322 g/mol. The zero-order chi connectivity index (χ0) is 17.9. The van der Waals surface area contributed by atoms with Gasteiger partial charge in [-0.15, -0.1) is 0 Å². The van der Waals surface area contributed by atoms with Crippen LogP contribution in [0.4, 0.5) is 5.82 Å². The highest BCUT2D eigenvalue weighted by molar-refractivity contribution is 6.06. The molecule has 4 nitrogen and oxygen atoms in total. The quantitative estimate of drug-likeness (QED) is 0.587. The van der Waals surface area contributed by atoms with Gasteiger partial charge in [0.2, 0.25) is 0 Å². The lowest BCUT2D eigenvalue weighted by Gasteiger charge is -2.11. The monoisotopic (exact) mass is 341 g/mol. The number of hydrogen-bond donors (Lipinski definition) is 1. The molecule has 0 aliphatic rings. The summed E-state index contributed by atoms with van der Waals surface area (Å²) in [5.74, 6) is 0.404. The Balaban J connectivity index is 1.74. The van der Waals surface area contributed by atoms with Crippen molar-refractivity contribution in [1.29, 1.82) is 0 Å². The van der Waals surface area contributed by atoms with Crippen LogP contribution in [0, 0.1) is 6.92 Å². The van der Waals surface area contributed by atoms with E-state index in [4.69, 9.17) is 0 Å². The van der Waals surface area contributed by atoms with Crippen LogP contribution in [0.25, 0.3) is 10.9 Å². The highest BCUT2D eigenvalue weighted by atomic mass is 16.2. The van der Waals surface area contributed by atoms with E-state index in [0.29, 0.717) is 18.1 Å². The van der Waals surface area contributed by atoms with E-state index in [9.17, 15) is 4.79 Å². The largest absolute Gasteiger partial charge is 0.332 e. The number of amides is 1. The molecule has 4 rings (SSSR count). The third kappa shape index (κ3) is 3.22. The van der Waals surface area contributed by atoms with E-state index in [-0.39, 0.29) is 5.91 Å². The maximum atomic E-state index is 12.9. The topological polar surface area (TPSA) is 46.9 Å². The number of aromatic nitrogens is 2. The third-order valence-corrected chi connectivity index (χ3v) is 4.36. The minimum atomic E-state index is -0.157. The van der Waals surface area contributed by atoms with Crippen molar-refractivity contribution in [3.05, 3.63) is 95.8 Å². The van der Waals surface area contributed by atoms with Crippen LogP contribution in [0.5, 0.6) is 0 Å². The molecule has 4 heteroatoms. The number of para-hydroxylation sites is 1. The van der Waals surface area contributed by atoms with Gasteiger partial charge in [-0.1, -0.05) is 54.6 Å². The van der Waals surface area contributed by atoms with E-state index in [1.165, 1.54) is 0 Å². The van der Waals surface area contributed by atoms with Crippen LogP contribution in [0.15, 0.2) is 78.9 Å². The van der Waals surface area contributed by atoms with Crippen LogP contribution in [-0.4, -0.2) is 15.5 Å². The Hall–Kier alpha value is -3.40. The molecule has 0 saturated heterocycles. The minimum Gasteiger partial charge on any atom is -0.332 e. The molecular formula is C22H19N3O. The van der Waals surface area contributed by atoms with Gasteiger partial charge in [-0.25, -0.2) is 4.98 Å². The molecule has 4 aromatic rings. The molecule has 1 N–H and O–H groups in total. The number of nitrogens with one attached hydrogen (secondary N) is 1. The summed E-state index contributed by atoms with van der Waals surface area (Å²) < 4.78 is 2.05. The fourth-order valence-corrected chi connectivity index (χ4v) is 3.13. The molecule has 2 heterocycles. The van der Waals surface area contributed by atoms with Crippen LogP contribution in [-0.2, 0) is 6.54 Å². The molecule has 1 amide bonds. The second kappa shape index (κ2) is 6.84. The normalized spacial score (nSPS) is 10.8. The van der Waals surface area contributed by atoms with Crippen LogP contribution < -0.4 is 5.32 Å². The van der Waals surface area contributed by atoms with Gasteiger partial charge in [0.25, 0.3) is 5.91 Å². The lowest BCUT2D eigenvalue weighted by molar-refractivity contribution is 0.101. The van der Waals surface area contributed by atoms with E-state index in [0.717, 1.165) is 22.2 Å². The van der Waals surface area contributed by atoms with Gasteiger partial charge in [0, 0.05) is 23.1 Å². The smallest absolute Gasteiger partial charge is 0.273 e. The number of carbonyl (C=O) groups is 1.